The molecule has 4 N–H and O–H groups in total. The summed E-state index contributed by atoms with van der Waals surface area (Å²) in [7, 11) is 0. The van der Waals surface area contributed by atoms with Gasteiger partial charge in [0.05, 0.1) is 11.3 Å². The van der Waals surface area contributed by atoms with Crippen molar-refractivity contribution in [3.63, 3.8) is 0 Å². The van der Waals surface area contributed by atoms with E-state index in [1.165, 1.54) is 10.6 Å². The van der Waals surface area contributed by atoms with Crippen LogP contribution in [-0.2, 0) is 6.42 Å². The largest absolute Gasteiger partial charge is 0.508 e. The van der Waals surface area contributed by atoms with Crippen molar-refractivity contribution in [2.45, 2.75) is 20.3 Å². The Balaban J connectivity index is 2.26. The number of ether oxygens (including phenoxy) is 1. The van der Waals surface area contributed by atoms with Crippen LogP contribution in [0.15, 0.2) is 36.4 Å². The number of nitrogens with two attached hydrogens (primary N) is 1. The molecule has 134 valence electrons. The Morgan fingerprint density at radius 2 is 1.96 bits per heavy atom. The number of benzene rings is 2. The summed E-state index contributed by atoms with van der Waals surface area (Å²) in [6.45, 7) is 3.79. The van der Waals surface area contributed by atoms with Gasteiger partial charge in [-0.1, -0.05) is 24.2 Å². The van der Waals surface area contributed by atoms with Crippen LogP contribution in [0.2, 0.25) is 0 Å². The van der Waals surface area contributed by atoms with E-state index in [9.17, 15) is 15.0 Å². The van der Waals surface area contributed by atoms with E-state index < -0.39 is 6.09 Å². The predicted molar refractivity (Wildman–Crippen MR) is 94.5 cm³/mol. The van der Waals surface area contributed by atoms with Crippen LogP contribution in [0.5, 0.6) is 17.5 Å². The molecule has 8 heteroatoms. The van der Waals surface area contributed by atoms with E-state index in [0.717, 1.165) is 5.56 Å². The standard InChI is InChI=1S/C18H18N4O4/c1-3-11-8-13(15(24)9-14(11)23)16-20-21-18(26-17(19)25)22(16)12-6-4-5-10(2)7-12/h4-9,23-24H,3H2,1-2H3,(H2,19,25). The number of phenolic OH excluding ortho intramolecular Hbond substituents is 2. The van der Waals surface area contributed by atoms with Gasteiger partial charge in [0.15, 0.2) is 5.82 Å². The first-order valence-corrected chi connectivity index (χ1v) is 7.95. The third-order valence-electron chi connectivity index (χ3n) is 3.90. The summed E-state index contributed by atoms with van der Waals surface area (Å²) in [5.74, 6) is 0.0645. The topological polar surface area (TPSA) is 123 Å². The Labute approximate surface area is 149 Å². The van der Waals surface area contributed by atoms with E-state index in [0.29, 0.717) is 23.2 Å². The summed E-state index contributed by atoms with van der Waals surface area (Å²) in [4.78, 5) is 11.2. The molecule has 0 spiro atoms. The van der Waals surface area contributed by atoms with Gasteiger partial charge < -0.3 is 20.7 Å². The average Bonchev–Trinajstić information content (AvgIpc) is 2.97. The van der Waals surface area contributed by atoms with Crippen molar-refractivity contribution < 1.29 is 19.7 Å². The summed E-state index contributed by atoms with van der Waals surface area (Å²) in [6.07, 6.45) is -0.468. The molecule has 3 aromatic rings. The zero-order valence-electron chi connectivity index (χ0n) is 14.3. The van der Waals surface area contributed by atoms with E-state index >= 15 is 0 Å². The van der Waals surface area contributed by atoms with Crippen molar-refractivity contribution in [3.8, 4) is 34.6 Å². The van der Waals surface area contributed by atoms with Crippen LogP contribution in [0.25, 0.3) is 17.1 Å². The minimum Gasteiger partial charge on any atom is -0.508 e. The van der Waals surface area contributed by atoms with E-state index in [1.807, 2.05) is 32.0 Å². The number of primary amides is 1. The number of hydrogen-bond acceptors (Lipinski definition) is 6. The molecule has 0 saturated carbocycles. The number of phenols is 2. The molecular weight excluding hydrogens is 336 g/mol. The molecule has 0 atom stereocenters. The van der Waals surface area contributed by atoms with Crippen LogP contribution >= 0.6 is 0 Å². The van der Waals surface area contributed by atoms with Gasteiger partial charge in [0.2, 0.25) is 0 Å². The minimum atomic E-state index is -1.03. The first kappa shape index (κ1) is 17.3. The highest BCUT2D eigenvalue weighted by molar-refractivity contribution is 5.71. The van der Waals surface area contributed by atoms with Crippen molar-refractivity contribution in [2.24, 2.45) is 5.73 Å². The highest BCUT2D eigenvalue weighted by Crippen LogP contribution is 2.36. The number of nitrogens with zero attached hydrogens (tertiary/aromatic N) is 3. The molecule has 1 amide bonds. The van der Waals surface area contributed by atoms with Gasteiger partial charge in [-0.3, -0.25) is 0 Å². The monoisotopic (exact) mass is 354 g/mol. The van der Waals surface area contributed by atoms with Gasteiger partial charge in [-0.15, -0.1) is 5.10 Å². The third-order valence-corrected chi connectivity index (χ3v) is 3.90. The van der Waals surface area contributed by atoms with Crippen LogP contribution in [0.3, 0.4) is 0 Å². The molecule has 1 aromatic heterocycles. The van der Waals surface area contributed by atoms with Gasteiger partial charge in [0, 0.05) is 6.07 Å². The van der Waals surface area contributed by atoms with Crippen LogP contribution in [-0.4, -0.2) is 31.1 Å². The molecular formula is C18H18N4O4. The molecule has 26 heavy (non-hydrogen) atoms. The fraction of sp³-hybridized carbons (Fsp3) is 0.167. The second-order valence-electron chi connectivity index (χ2n) is 5.75. The second-order valence-corrected chi connectivity index (χ2v) is 5.75. The highest BCUT2D eigenvalue weighted by atomic mass is 16.6. The molecule has 8 nitrogen and oxygen atoms in total. The molecule has 0 bridgehead atoms. The van der Waals surface area contributed by atoms with E-state index in [-0.39, 0.29) is 23.3 Å². The molecule has 0 radical (unpaired) electrons. The predicted octanol–water partition coefficient (Wildman–Crippen LogP) is 2.67. The first-order chi connectivity index (χ1) is 12.4. The normalized spacial score (nSPS) is 10.7. The maximum Gasteiger partial charge on any atom is 0.412 e. The number of carbonyl (C=O) groups excluding carboxylic acids is 1. The summed E-state index contributed by atoms with van der Waals surface area (Å²) in [5, 5.41) is 28.2. The van der Waals surface area contributed by atoms with Gasteiger partial charge in [-0.05, 0) is 42.7 Å². The number of aromatic nitrogens is 3. The lowest BCUT2D eigenvalue weighted by Gasteiger charge is -2.12. The number of aromatic hydroxyl groups is 2. The SMILES string of the molecule is CCc1cc(-c2nnc(OC(N)=O)n2-c2cccc(C)c2)c(O)cc1O. The molecule has 3 rings (SSSR count). The zero-order valence-corrected chi connectivity index (χ0v) is 14.3. The minimum absolute atomic E-state index is 0.0102. The van der Waals surface area contributed by atoms with Crippen LogP contribution in [0.1, 0.15) is 18.1 Å². The van der Waals surface area contributed by atoms with E-state index in [2.05, 4.69) is 10.2 Å². The van der Waals surface area contributed by atoms with Crippen molar-refractivity contribution in [1.29, 1.82) is 0 Å². The Bertz CT molecular complexity index is 981. The third kappa shape index (κ3) is 3.16. The van der Waals surface area contributed by atoms with Gasteiger partial charge in [0.1, 0.15) is 11.5 Å². The van der Waals surface area contributed by atoms with Crippen molar-refractivity contribution in [3.05, 3.63) is 47.5 Å². The Hall–Kier alpha value is -3.55. The number of amides is 1. The van der Waals surface area contributed by atoms with Crippen LogP contribution < -0.4 is 10.5 Å². The molecule has 0 aliphatic rings. The van der Waals surface area contributed by atoms with Crippen LogP contribution in [0, 0.1) is 6.92 Å². The molecule has 2 aromatic carbocycles. The fourth-order valence-corrected chi connectivity index (χ4v) is 2.68. The van der Waals surface area contributed by atoms with Gasteiger partial charge in [0.25, 0.3) is 0 Å². The Kier molecular flexibility index (Phi) is 4.49. The van der Waals surface area contributed by atoms with E-state index in [1.54, 1.807) is 12.1 Å². The summed E-state index contributed by atoms with van der Waals surface area (Å²) < 4.78 is 6.43. The lowest BCUT2D eigenvalue weighted by atomic mass is 10.1. The van der Waals surface area contributed by atoms with Gasteiger partial charge >= 0.3 is 12.1 Å². The number of carbonyl (C=O) groups is 1. The number of hydrogen-bond donors (Lipinski definition) is 3. The van der Waals surface area contributed by atoms with Crippen molar-refractivity contribution in [1.82, 2.24) is 14.8 Å². The number of aryl methyl sites for hydroxylation is 2. The second kappa shape index (κ2) is 6.75. The average molecular weight is 354 g/mol. The highest BCUT2D eigenvalue weighted by Gasteiger charge is 2.22. The Morgan fingerprint density at radius 3 is 2.62 bits per heavy atom. The molecule has 0 aliphatic heterocycles. The van der Waals surface area contributed by atoms with Crippen molar-refractivity contribution in [2.75, 3.05) is 0 Å². The van der Waals surface area contributed by atoms with E-state index in [4.69, 9.17) is 10.5 Å². The van der Waals surface area contributed by atoms with Crippen LogP contribution in [0.4, 0.5) is 4.79 Å². The molecule has 1 heterocycles. The molecule has 0 fully saturated rings. The quantitative estimate of drug-likeness (QED) is 0.662. The van der Waals surface area contributed by atoms with Gasteiger partial charge in [-0.2, -0.15) is 0 Å². The first-order valence-electron chi connectivity index (χ1n) is 7.95. The molecule has 0 unspecified atom stereocenters. The zero-order chi connectivity index (χ0) is 18.8. The maximum atomic E-state index is 11.2. The molecule has 0 saturated heterocycles. The smallest absolute Gasteiger partial charge is 0.412 e. The summed E-state index contributed by atoms with van der Waals surface area (Å²) in [5.41, 5.74) is 7.69. The fourth-order valence-electron chi connectivity index (χ4n) is 2.68. The van der Waals surface area contributed by atoms with Gasteiger partial charge in [-0.25, -0.2) is 9.36 Å². The van der Waals surface area contributed by atoms with Crippen molar-refractivity contribution >= 4 is 6.09 Å². The lowest BCUT2D eigenvalue weighted by molar-refractivity contribution is 0.206. The maximum absolute atomic E-state index is 11.2. The summed E-state index contributed by atoms with van der Waals surface area (Å²) >= 11 is 0. The lowest BCUT2D eigenvalue weighted by Crippen LogP contribution is -2.18. The summed E-state index contributed by atoms with van der Waals surface area (Å²) in [6, 6.07) is 10.1. The Morgan fingerprint density at radius 1 is 1.19 bits per heavy atom. The number of rotatable bonds is 4. The molecule has 0 aliphatic carbocycles.